The fourth-order valence-electron chi connectivity index (χ4n) is 3.25. The highest BCUT2D eigenvalue weighted by molar-refractivity contribution is 6.15. The number of aliphatic hydroxyl groups is 1. The van der Waals surface area contributed by atoms with Crippen LogP contribution in [0.5, 0.6) is 0 Å². The third-order valence-electron chi connectivity index (χ3n) is 4.44. The first-order valence-corrected chi connectivity index (χ1v) is 9.01. The lowest BCUT2D eigenvalue weighted by Crippen LogP contribution is -2.32. The zero-order valence-electron chi connectivity index (χ0n) is 15.6. The maximum Gasteiger partial charge on any atom is 0.421 e. The number of aryl methyl sites for hydroxylation is 2. The Balaban J connectivity index is 1.81. The summed E-state index contributed by atoms with van der Waals surface area (Å²) in [5, 5.41) is 8.67. The number of hydrogen-bond donors (Lipinski definition) is 2. The molecule has 1 fully saturated rings. The highest BCUT2D eigenvalue weighted by Gasteiger charge is 2.41. The second kappa shape index (κ2) is 8.37. The van der Waals surface area contributed by atoms with E-state index in [2.05, 4.69) is 4.98 Å². The second-order valence-corrected chi connectivity index (χ2v) is 6.48. The lowest BCUT2D eigenvalue weighted by atomic mass is 9.99. The van der Waals surface area contributed by atoms with Gasteiger partial charge in [-0.2, -0.15) is 0 Å². The number of carbonyl (C=O) groups excluding carboxylic acids is 2. The summed E-state index contributed by atoms with van der Waals surface area (Å²) in [6.45, 7) is 4.20. The van der Waals surface area contributed by atoms with Crippen LogP contribution in [0.4, 0.5) is 4.79 Å². The van der Waals surface area contributed by atoms with E-state index in [0.29, 0.717) is 11.3 Å². The van der Waals surface area contributed by atoms with E-state index >= 15 is 0 Å². The van der Waals surface area contributed by atoms with Crippen LogP contribution in [0.25, 0.3) is 6.08 Å². The van der Waals surface area contributed by atoms with Crippen LogP contribution in [0.15, 0.2) is 35.1 Å². The lowest BCUT2D eigenvalue weighted by Gasteiger charge is -2.17. The van der Waals surface area contributed by atoms with Crippen LogP contribution in [0, 0.1) is 13.8 Å². The monoisotopic (exact) mass is 372 g/mol. The molecule has 2 heterocycles. The molecule has 0 radical (unpaired) electrons. The molecule has 144 valence electrons. The van der Waals surface area contributed by atoms with E-state index in [9.17, 15) is 9.59 Å². The van der Waals surface area contributed by atoms with Crippen molar-refractivity contribution in [2.45, 2.75) is 26.7 Å². The van der Waals surface area contributed by atoms with E-state index < -0.39 is 6.09 Å². The minimum atomic E-state index is -0.713. The molecule has 1 aliphatic heterocycles. The van der Waals surface area contributed by atoms with E-state index in [1.54, 1.807) is 6.08 Å². The molecule has 2 N–H and O–H groups in total. The molecule has 3 rings (SSSR count). The Hall–Kier alpha value is -2.64. The summed E-state index contributed by atoms with van der Waals surface area (Å²) in [4.78, 5) is 29.8. The topological polar surface area (TPSA) is 91.9 Å². The number of likely N-dealkylation sites (tertiary alicyclic amines) is 1. The first-order valence-electron chi connectivity index (χ1n) is 9.01. The molecular formula is C20H24N2O5. The highest BCUT2D eigenvalue weighted by Crippen LogP contribution is 2.38. The van der Waals surface area contributed by atoms with Crippen LogP contribution < -0.4 is 0 Å². The van der Waals surface area contributed by atoms with Gasteiger partial charge in [-0.1, -0.05) is 12.2 Å². The predicted molar refractivity (Wildman–Crippen MR) is 99.7 cm³/mol. The molecule has 7 heteroatoms. The van der Waals surface area contributed by atoms with Gasteiger partial charge in [0.2, 0.25) is 0 Å². The SMILES string of the molecule is Cc1cc(C)c(/C=C2\C(=O)N(C(=O)OCCOCCO)C3=CCCC=C32)[nH]1. The van der Waals surface area contributed by atoms with Crippen LogP contribution in [-0.2, 0) is 14.3 Å². The standard InChI is InChI=1S/C20H24N2O5/c1-13-11-14(2)21-17(13)12-16-15-5-3-4-6-18(15)22(19(16)24)20(25)27-10-9-26-8-7-23/h5-6,11-12,21,23H,3-4,7-10H2,1-2H3/b16-12-. The van der Waals surface area contributed by atoms with Crippen molar-refractivity contribution >= 4 is 18.1 Å². The summed E-state index contributed by atoms with van der Waals surface area (Å²) in [5.41, 5.74) is 4.74. The Morgan fingerprint density at radius 2 is 2.04 bits per heavy atom. The predicted octanol–water partition coefficient (Wildman–Crippen LogP) is 2.61. The van der Waals surface area contributed by atoms with E-state index in [1.165, 1.54) is 0 Å². The van der Waals surface area contributed by atoms with Gasteiger partial charge in [0.25, 0.3) is 5.91 Å². The normalized spacial score (nSPS) is 17.8. The Kier molecular flexibility index (Phi) is 5.93. The van der Waals surface area contributed by atoms with Crippen molar-refractivity contribution in [3.05, 3.63) is 52.0 Å². The van der Waals surface area contributed by atoms with Gasteiger partial charge in [0.15, 0.2) is 0 Å². The minimum Gasteiger partial charge on any atom is -0.446 e. The van der Waals surface area contributed by atoms with Crippen molar-refractivity contribution in [3.8, 4) is 0 Å². The molecule has 0 spiro atoms. The Morgan fingerprint density at radius 1 is 1.26 bits per heavy atom. The lowest BCUT2D eigenvalue weighted by molar-refractivity contribution is -0.122. The maximum atomic E-state index is 13.0. The molecule has 2 amide bonds. The quantitative estimate of drug-likeness (QED) is 0.592. The Morgan fingerprint density at radius 3 is 2.74 bits per heavy atom. The summed E-state index contributed by atoms with van der Waals surface area (Å²) in [6.07, 6.45) is 6.56. The zero-order chi connectivity index (χ0) is 19.4. The average Bonchev–Trinajstić information content (AvgIpc) is 3.11. The number of ether oxygens (including phenoxy) is 2. The van der Waals surface area contributed by atoms with Gasteiger partial charge in [-0.05, 0) is 44.4 Å². The first-order chi connectivity index (χ1) is 13.0. The number of nitrogens with zero attached hydrogens (tertiary/aromatic N) is 1. The first kappa shape index (κ1) is 19.1. The highest BCUT2D eigenvalue weighted by atomic mass is 16.6. The zero-order valence-corrected chi connectivity index (χ0v) is 15.6. The van der Waals surface area contributed by atoms with Crippen LogP contribution >= 0.6 is 0 Å². The molecule has 1 saturated heterocycles. The van der Waals surface area contributed by atoms with Crippen LogP contribution in [-0.4, -0.2) is 53.4 Å². The van der Waals surface area contributed by atoms with Gasteiger partial charge in [-0.3, -0.25) is 4.79 Å². The number of aliphatic hydroxyl groups excluding tert-OH is 1. The summed E-state index contributed by atoms with van der Waals surface area (Å²) in [6, 6.07) is 2.01. The fraction of sp³-hybridized carbons (Fsp3) is 0.400. The third-order valence-corrected chi connectivity index (χ3v) is 4.44. The van der Waals surface area contributed by atoms with Crippen molar-refractivity contribution in [1.29, 1.82) is 0 Å². The molecule has 1 aliphatic carbocycles. The summed E-state index contributed by atoms with van der Waals surface area (Å²) < 4.78 is 10.2. The van der Waals surface area contributed by atoms with Gasteiger partial charge >= 0.3 is 6.09 Å². The van der Waals surface area contributed by atoms with E-state index in [0.717, 1.165) is 40.3 Å². The molecule has 0 atom stereocenters. The van der Waals surface area contributed by atoms with Gasteiger partial charge in [0, 0.05) is 17.0 Å². The fourth-order valence-corrected chi connectivity index (χ4v) is 3.25. The molecule has 0 unspecified atom stereocenters. The summed E-state index contributed by atoms with van der Waals surface area (Å²) in [5.74, 6) is -0.387. The molecule has 0 saturated carbocycles. The number of aromatic amines is 1. The van der Waals surface area contributed by atoms with Crippen molar-refractivity contribution in [2.24, 2.45) is 0 Å². The van der Waals surface area contributed by atoms with Gasteiger partial charge in [-0.25, -0.2) is 9.69 Å². The van der Waals surface area contributed by atoms with Crippen LogP contribution in [0.3, 0.4) is 0 Å². The number of H-pyrrole nitrogens is 1. The Bertz CT molecular complexity index is 831. The van der Waals surface area contributed by atoms with Gasteiger partial charge in [0.05, 0.1) is 31.1 Å². The van der Waals surface area contributed by atoms with E-state index in [1.807, 2.05) is 32.1 Å². The number of imide groups is 1. The molecule has 0 bridgehead atoms. The minimum absolute atomic E-state index is 0.0168. The molecule has 27 heavy (non-hydrogen) atoms. The number of fused-ring (bicyclic) bond motifs is 1. The molecule has 0 aromatic carbocycles. The number of allylic oxidation sites excluding steroid dienone is 3. The van der Waals surface area contributed by atoms with Crippen LogP contribution in [0.1, 0.15) is 29.8 Å². The van der Waals surface area contributed by atoms with Crippen molar-refractivity contribution in [1.82, 2.24) is 9.88 Å². The molecular weight excluding hydrogens is 348 g/mol. The number of nitrogens with one attached hydrogen (secondary N) is 1. The summed E-state index contributed by atoms with van der Waals surface area (Å²) in [7, 11) is 0. The molecule has 7 nitrogen and oxygen atoms in total. The number of carbonyl (C=O) groups is 2. The number of aromatic nitrogens is 1. The van der Waals surface area contributed by atoms with Crippen LogP contribution in [0.2, 0.25) is 0 Å². The van der Waals surface area contributed by atoms with Gasteiger partial charge in [-0.15, -0.1) is 0 Å². The third kappa shape index (κ3) is 4.04. The van der Waals surface area contributed by atoms with Crippen molar-refractivity contribution in [3.63, 3.8) is 0 Å². The number of rotatable bonds is 6. The largest absolute Gasteiger partial charge is 0.446 e. The van der Waals surface area contributed by atoms with E-state index in [-0.39, 0.29) is 32.3 Å². The van der Waals surface area contributed by atoms with E-state index in [4.69, 9.17) is 14.6 Å². The summed E-state index contributed by atoms with van der Waals surface area (Å²) >= 11 is 0. The van der Waals surface area contributed by atoms with Crippen molar-refractivity contribution < 1.29 is 24.2 Å². The molecule has 2 aliphatic rings. The smallest absolute Gasteiger partial charge is 0.421 e. The van der Waals surface area contributed by atoms with Crippen molar-refractivity contribution in [2.75, 3.05) is 26.4 Å². The second-order valence-electron chi connectivity index (χ2n) is 6.48. The average molecular weight is 372 g/mol. The number of amides is 2. The number of hydrogen-bond acceptors (Lipinski definition) is 5. The maximum absolute atomic E-state index is 13.0. The molecule has 1 aromatic rings. The Labute approximate surface area is 158 Å². The molecule has 1 aromatic heterocycles. The van der Waals surface area contributed by atoms with Gasteiger partial charge in [0.1, 0.15) is 6.61 Å². The van der Waals surface area contributed by atoms with Gasteiger partial charge < -0.3 is 19.6 Å².